The van der Waals surface area contributed by atoms with Crippen LogP contribution >= 0.6 is 0 Å². The van der Waals surface area contributed by atoms with Crippen molar-refractivity contribution in [3.63, 3.8) is 0 Å². The topological polar surface area (TPSA) is 94.2 Å². The van der Waals surface area contributed by atoms with Crippen LogP contribution in [0.2, 0.25) is 0 Å². The highest BCUT2D eigenvalue weighted by atomic mass is 16.5. The minimum Gasteiger partial charge on any atom is -0.497 e. The predicted octanol–water partition coefficient (Wildman–Crippen LogP) is 4.41. The molecule has 0 saturated carbocycles. The van der Waals surface area contributed by atoms with E-state index in [1.54, 1.807) is 71.6 Å². The van der Waals surface area contributed by atoms with Crippen molar-refractivity contribution in [3.8, 4) is 17.2 Å². The van der Waals surface area contributed by atoms with E-state index in [4.69, 9.17) is 14.2 Å². The molecule has 3 aromatic carbocycles. The number of benzene rings is 3. The average Bonchev–Trinajstić information content (AvgIpc) is 2.93. The molecule has 3 aromatic rings. The Balaban J connectivity index is 1.29. The molecule has 8 heteroatoms. The normalized spacial score (nSPS) is 13.6. The van der Waals surface area contributed by atoms with Crippen LogP contribution in [0.25, 0.3) is 0 Å². The SMILES string of the molecule is COc1cc(OC)cc(C(=O)N2CCC(C(=O)Oc3ccc(NC(=O)c4ccccc4)cc3)CC2)c1. The lowest BCUT2D eigenvalue weighted by Gasteiger charge is -2.31. The molecule has 1 aliphatic heterocycles. The average molecular weight is 489 g/mol. The number of ether oxygens (including phenoxy) is 3. The zero-order chi connectivity index (χ0) is 25.5. The molecule has 1 N–H and O–H groups in total. The molecule has 0 aliphatic carbocycles. The summed E-state index contributed by atoms with van der Waals surface area (Å²) in [5, 5.41) is 2.81. The molecule has 1 saturated heterocycles. The Hall–Kier alpha value is -4.33. The van der Waals surface area contributed by atoms with Crippen LogP contribution in [0, 0.1) is 5.92 Å². The number of amides is 2. The van der Waals surface area contributed by atoms with Gasteiger partial charge in [-0.15, -0.1) is 0 Å². The van der Waals surface area contributed by atoms with Crippen LogP contribution in [-0.2, 0) is 4.79 Å². The minimum absolute atomic E-state index is 0.132. The summed E-state index contributed by atoms with van der Waals surface area (Å²) in [6, 6.07) is 20.6. The summed E-state index contributed by atoms with van der Waals surface area (Å²) in [7, 11) is 3.07. The maximum Gasteiger partial charge on any atom is 0.314 e. The molecule has 0 radical (unpaired) electrons. The fourth-order valence-electron chi connectivity index (χ4n) is 4.03. The standard InChI is InChI=1S/C28H28N2O6/c1-34-24-16-21(17-25(18-24)35-2)27(32)30-14-12-20(13-15-30)28(33)36-23-10-8-22(9-11-23)29-26(31)19-6-4-3-5-7-19/h3-11,16-18,20H,12-15H2,1-2H3,(H,29,31). The van der Waals surface area contributed by atoms with Gasteiger partial charge >= 0.3 is 5.97 Å². The molecule has 0 spiro atoms. The van der Waals surface area contributed by atoms with Crippen LogP contribution in [0.5, 0.6) is 17.2 Å². The first-order chi connectivity index (χ1) is 17.5. The highest BCUT2D eigenvalue weighted by molar-refractivity contribution is 6.04. The smallest absolute Gasteiger partial charge is 0.314 e. The molecule has 1 heterocycles. The Labute approximate surface area is 209 Å². The number of nitrogens with zero attached hydrogens (tertiary/aromatic N) is 1. The quantitative estimate of drug-likeness (QED) is 0.391. The summed E-state index contributed by atoms with van der Waals surface area (Å²) in [5.41, 5.74) is 1.64. The summed E-state index contributed by atoms with van der Waals surface area (Å²) in [6.45, 7) is 0.894. The van der Waals surface area contributed by atoms with Crippen LogP contribution < -0.4 is 19.5 Å². The summed E-state index contributed by atoms with van der Waals surface area (Å²) in [4.78, 5) is 39.7. The van der Waals surface area contributed by atoms with Gasteiger partial charge < -0.3 is 24.4 Å². The maximum absolute atomic E-state index is 13.0. The number of rotatable bonds is 7. The van der Waals surface area contributed by atoms with Gasteiger partial charge in [0.1, 0.15) is 17.2 Å². The summed E-state index contributed by atoms with van der Waals surface area (Å²) < 4.78 is 16.1. The van der Waals surface area contributed by atoms with Crippen LogP contribution in [0.15, 0.2) is 72.8 Å². The van der Waals surface area contributed by atoms with Crippen molar-refractivity contribution < 1.29 is 28.6 Å². The van der Waals surface area contributed by atoms with Crippen LogP contribution in [0.1, 0.15) is 33.6 Å². The van der Waals surface area contributed by atoms with E-state index >= 15 is 0 Å². The van der Waals surface area contributed by atoms with Gasteiger partial charge in [-0.3, -0.25) is 14.4 Å². The largest absolute Gasteiger partial charge is 0.497 e. The number of likely N-dealkylation sites (tertiary alicyclic amines) is 1. The number of anilines is 1. The zero-order valence-corrected chi connectivity index (χ0v) is 20.2. The fourth-order valence-corrected chi connectivity index (χ4v) is 4.03. The van der Waals surface area contributed by atoms with Gasteiger partial charge in [0.2, 0.25) is 0 Å². The highest BCUT2D eigenvalue weighted by Gasteiger charge is 2.29. The van der Waals surface area contributed by atoms with E-state index in [9.17, 15) is 14.4 Å². The van der Waals surface area contributed by atoms with Gasteiger partial charge in [0.05, 0.1) is 20.1 Å². The molecule has 186 valence electrons. The fraction of sp³-hybridized carbons (Fsp3) is 0.250. The van der Waals surface area contributed by atoms with Crippen LogP contribution in [0.4, 0.5) is 5.69 Å². The Morgan fingerprint density at radius 2 is 1.39 bits per heavy atom. The van der Waals surface area contributed by atoms with Crippen LogP contribution in [-0.4, -0.2) is 50.0 Å². The Kier molecular flexibility index (Phi) is 7.85. The van der Waals surface area contributed by atoms with E-state index in [1.165, 1.54) is 14.2 Å². The molecule has 8 nitrogen and oxygen atoms in total. The number of hydrogen-bond acceptors (Lipinski definition) is 6. The number of piperidine rings is 1. The lowest BCUT2D eigenvalue weighted by atomic mass is 9.96. The number of carbonyl (C=O) groups is 3. The van der Waals surface area contributed by atoms with Crippen molar-refractivity contribution in [1.82, 2.24) is 4.90 Å². The summed E-state index contributed by atoms with van der Waals surface area (Å²) >= 11 is 0. The predicted molar refractivity (Wildman–Crippen MR) is 135 cm³/mol. The van der Waals surface area contributed by atoms with E-state index in [0.29, 0.717) is 60.0 Å². The lowest BCUT2D eigenvalue weighted by Crippen LogP contribution is -2.41. The number of nitrogens with one attached hydrogen (secondary N) is 1. The molecule has 0 aromatic heterocycles. The summed E-state index contributed by atoms with van der Waals surface area (Å²) in [6.07, 6.45) is 1.02. The third-order valence-electron chi connectivity index (χ3n) is 6.08. The first-order valence-electron chi connectivity index (χ1n) is 11.7. The summed E-state index contributed by atoms with van der Waals surface area (Å²) in [5.74, 6) is 0.516. The second-order valence-corrected chi connectivity index (χ2v) is 8.43. The molecule has 1 fully saturated rings. The van der Waals surface area contributed by atoms with Gasteiger partial charge in [-0.1, -0.05) is 18.2 Å². The Bertz CT molecular complexity index is 1200. The van der Waals surface area contributed by atoms with Gasteiger partial charge in [0, 0.05) is 36.0 Å². The molecular weight excluding hydrogens is 460 g/mol. The van der Waals surface area contributed by atoms with E-state index in [2.05, 4.69) is 5.32 Å². The third kappa shape index (κ3) is 6.02. The van der Waals surface area contributed by atoms with Gasteiger partial charge in [-0.25, -0.2) is 0 Å². The van der Waals surface area contributed by atoms with E-state index in [1.807, 2.05) is 6.07 Å². The van der Waals surface area contributed by atoms with Crippen molar-refractivity contribution in [2.24, 2.45) is 5.92 Å². The van der Waals surface area contributed by atoms with E-state index < -0.39 is 0 Å². The molecule has 4 rings (SSSR count). The van der Waals surface area contributed by atoms with Crippen molar-refractivity contribution in [2.45, 2.75) is 12.8 Å². The maximum atomic E-state index is 13.0. The number of hydrogen-bond donors (Lipinski definition) is 1. The van der Waals surface area contributed by atoms with Gasteiger partial charge in [-0.2, -0.15) is 0 Å². The number of esters is 1. The van der Waals surface area contributed by atoms with Crippen molar-refractivity contribution in [2.75, 3.05) is 32.6 Å². The van der Waals surface area contributed by atoms with Gasteiger partial charge in [0.15, 0.2) is 0 Å². The molecular formula is C28H28N2O6. The molecule has 0 atom stereocenters. The second-order valence-electron chi connectivity index (χ2n) is 8.43. The van der Waals surface area contributed by atoms with E-state index in [0.717, 1.165) is 0 Å². The molecule has 1 aliphatic rings. The molecule has 0 bridgehead atoms. The van der Waals surface area contributed by atoms with Gasteiger partial charge in [-0.05, 0) is 61.4 Å². The van der Waals surface area contributed by atoms with Crippen molar-refractivity contribution in [1.29, 1.82) is 0 Å². The first-order valence-corrected chi connectivity index (χ1v) is 11.7. The zero-order valence-electron chi connectivity index (χ0n) is 20.2. The van der Waals surface area contributed by atoms with Crippen molar-refractivity contribution >= 4 is 23.5 Å². The minimum atomic E-state index is -0.328. The monoisotopic (exact) mass is 488 g/mol. The van der Waals surface area contributed by atoms with Crippen LogP contribution in [0.3, 0.4) is 0 Å². The van der Waals surface area contributed by atoms with E-state index in [-0.39, 0.29) is 23.7 Å². The highest BCUT2D eigenvalue weighted by Crippen LogP contribution is 2.26. The van der Waals surface area contributed by atoms with Gasteiger partial charge in [0.25, 0.3) is 11.8 Å². The Morgan fingerprint density at radius 1 is 0.778 bits per heavy atom. The lowest BCUT2D eigenvalue weighted by molar-refractivity contribution is -0.140. The molecule has 2 amide bonds. The number of methoxy groups -OCH3 is 2. The van der Waals surface area contributed by atoms with Crippen molar-refractivity contribution in [3.05, 3.63) is 83.9 Å². The number of carbonyl (C=O) groups excluding carboxylic acids is 3. The second kappa shape index (κ2) is 11.4. The first kappa shape index (κ1) is 24.8. The molecule has 36 heavy (non-hydrogen) atoms. The Morgan fingerprint density at radius 3 is 1.97 bits per heavy atom. The molecule has 0 unspecified atom stereocenters. The third-order valence-corrected chi connectivity index (χ3v) is 6.08.